The number of hydrogen-bond acceptors (Lipinski definition) is 3. The number of fused-ring (bicyclic) bond motifs is 1. The van der Waals surface area contributed by atoms with E-state index in [0.717, 1.165) is 5.57 Å². The topological polar surface area (TPSA) is 44.1 Å². The van der Waals surface area contributed by atoms with Crippen molar-refractivity contribution < 1.29 is 8.95 Å². The molecule has 1 atom stereocenters. The fourth-order valence-electron chi connectivity index (χ4n) is 2.21. The zero-order valence-corrected chi connectivity index (χ0v) is 19.8. The number of rotatable bonds is 6. The van der Waals surface area contributed by atoms with Crippen molar-refractivity contribution in [3.8, 4) is 5.75 Å². The molecule has 2 aromatic rings. The van der Waals surface area contributed by atoms with Gasteiger partial charge < -0.3 is 4.74 Å². The van der Waals surface area contributed by atoms with Crippen molar-refractivity contribution in [2.75, 3.05) is 7.11 Å². The van der Waals surface area contributed by atoms with Crippen molar-refractivity contribution in [2.45, 2.75) is 48.5 Å². The molecule has 0 bridgehead atoms. The Balaban J connectivity index is 0.00000171. The van der Waals surface area contributed by atoms with Crippen molar-refractivity contribution in [3.05, 3.63) is 58.8 Å². The average Bonchev–Trinajstić information content (AvgIpc) is 3.05. The lowest BCUT2D eigenvalue weighted by molar-refractivity contribution is 0.415. The summed E-state index contributed by atoms with van der Waals surface area (Å²) in [5, 5.41) is 0.182. The molecular weight excluding hydrogens is 392 g/mol. The first-order valence-corrected chi connectivity index (χ1v) is 11.0. The molecule has 0 spiro atoms. The monoisotopic (exact) mass is 424 g/mol. The van der Waals surface area contributed by atoms with Gasteiger partial charge in [-0.3, -0.25) is 0 Å². The molecule has 1 aromatic carbocycles. The predicted molar refractivity (Wildman–Crippen MR) is 124 cm³/mol. The fraction of sp³-hybridized carbons (Fsp3) is 0.409. The molecule has 0 aliphatic rings. The highest BCUT2D eigenvalue weighted by Gasteiger charge is 2.16. The fourth-order valence-corrected chi connectivity index (χ4v) is 3.56. The molecule has 1 aromatic heterocycles. The second-order valence-electron chi connectivity index (χ2n) is 5.58. The quantitative estimate of drug-likeness (QED) is 0.472. The van der Waals surface area contributed by atoms with Gasteiger partial charge in [-0.1, -0.05) is 60.3 Å². The summed E-state index contributed by atoms with van der Waals surface area (Å²) in [5.74, 6) is 1.03. The zero-order chi connectivity index (χ0) is 21.9. The largest absolute Gasteiger partial charge is 0.497 e. The van der Waals surface area contributed by atoms with Crippen LogP contribution in [0, 0.1) is 5.92 Å². The summed E-state index contributed by atoms with van der Waals surface area (Å²) in [7, 11) is 0.127. The van der Waals surface area contributed by atoms with Crippen molar-refractivity contribution in [3.63, 3.8) is 0 Å². The number of nitrogens with zero attached hydrogens (tertiary/aromatic N) is 2. The number of hydrogen-bond donors (Lipinski definition) is 0. The van der Waals surface area contributed by atoms with E-state index < -0.39 is 11.0 Å². The Hall–Kier alpha value is -1.85. The minimum atomic E-state index is -1.46. The van der Waals surface area contributed by atoms with Gasteiger partial charge >= 0.3 is 0 Å². The van der Waals surface area contributed by atoms with Crippen molar-refractivity contribution in [1.29, 1.82) is 0 Å². The van der Waals surface area contributed by atoms with Gasteiger partial charge in [-0.05, 0) is 48.2 Å². The Labute approximate surface area is 177 Å². The molecule has 0 N–H and O–H groups in total. The molecule has 0 aliphatic heterocycles. The van der Waals surface area contributed by atoms with Crippen LogP contribution in [0.5, 0.6) is 5.75 Å². The zero-order valence-electron chi connectivity index (χ0n) is 18.2. The molecule has 6 heteroatoms. The summed E-state index contributed by atoms with van der Waals surface area (Å²) < 4.78 is 19.6. The number of benzene rings is 1. The third kappa shape index (κ3) is 6.64. The maximum absolute atomic E-state index is 12.9. The van der Waals surface area contributed by atoms with Crippen LogP contribution in [0.3, 0.4) is 0 Å². The van der Waals surface area contributed by atoms with E-state index in [1.54, 1.807) is 32.2 Å². The van der Waals surface area contributed by atoms with E-state index in [-0.39, 0.29) is 5.28 Å². The van der Waals surface area contributed by atoms with Gasteiger partial charge in [0.15, 0.2) is 11.0 Å². The summed E-state index contributed by atoms with van der Waals surface area (Å²) in [6, 6.07) is 5.36. The lowest BCUT2D eigenvalue weighted by atomic mass is 10.0. The first-order chi connectivity index (χ1) is 13.4. The minimum Gasteiger partial charge on any atom is -0.497 e. The molecule has 28 heavy (non-hydrogen) atoms. The summed E-state index contributed by atoms with van der Waals surface area (Å²) in [4.78, 5) is 4.93. The first-order valence-electron chi connectivity index (χ1n) is 9.54. The Morgan fingerprint density at radius 2 is 1.86 bits per heavy atom. The van der Waals surface area contributed by atoms with Crippen LogP contribution in [0.25, 0.3) is 11.0 Å². The van der Waals surface area contributed by atoms with E-state index >= 15 is 0 Å². The highest BCUT2D eigenvalue weighted by molar-refractivity contribution is 7.87. The van der Waals surface area contributed by atoms with Crippen molar-refractivity contribution in [1.82, 2.24) is 8.96 Å². The molecule has 0 amide bonds. The third-order valence-electron chi connectivity index (χ3n) is 3.64. The Morgan fingerprint density at radius 3 is 2.36 bits per heavy atom. The summed E-state index contributed by atoms with van der Waals surface area (Å²) in [6.45, 7) is 17.8. The normalized spacial score (nSPS) is 12.6. The van der Waals surface area contributed by atoms with Gasteiger partial charge in [-0.2, -0.15) is 0 Å². The summed E-state index contributed by atoms with van der Waals surface area (Å²) in [5.41, 5.74) is 2.42. The highest BCUT2D eigenvalue weighted by Crippen LogP contribution is 2.26. The summed E-state index contributed by atoms with van der Waals surface area (Å²) in [6.07, 6.45) is 5.57. The van der Waals surface area contributed by atoms with Crippen molar-refractivity contribution in [2.24, 2.45) is 5.92 Å². The van der Waals surface area contributed by atoms with Crippen LogP contribution in [0.1, 0.15) is 48.5 Å². The SMILES string of the molecule is C=C/C(=C\C=C(/C)S(=O)n1c(Cl)nc2cc(OC)ccc21)C(C)C.CC.CC. The van der Waals surface area contributed by atoms with Crippen LogP contribution in [-0.2, 0) is 11.0 Å². The molecule has 2 rings (SSSR count). The number of ether oxygens (including phenoxy) is 1. The standard InChI is InChI=1S/C18H21ClN2O2S.2C2H6/c1-6-14(12(2)3)8-7-13(4)24(22)21-17-10-9-15(23-5)11-16(17)20-18(21)19;2*1-2/h6-12H,1H2,2-5H3;2*1-2H3/b13-7+,14-8+;;. The Bertz CT molecular complexity index is 852. The predicted octanol–water partition coefficient (Wildman–Crippen LogP) is 6.93. The maximum Gasteiger partial charge on any atom is 0.216 e. The first kappa shape index (κ1) is 26.1. The number of allylic oxidation sites excluding steroid dienone is 5. The van der Waals surface area contributed by atoms with Crippen LogP contribution >= 0.6 is 11.6 Å². The molecule has 0 saturated carbocycles. The van der Waals surface area contributed by atoms with Gasteiger partial charge in [0.2, 0.25) is 5.28 Å². The van der Waals surface area contributed by atoms with Crippen LogP contribution in [-0.4, -0.2) is 20.3 Å². The van der Waals surface area contributed by atoms with Gasteiger partial charge in [0.1, 0.15) is 5.75 Å². The molecule has 4 nitrogen and oxygen atoms in total. The van der Waals surface area contributed by atoms with Crippen LogP contribution in [0.15, 0.2) is 53.5 Å². The van der Waals surface area contributed by atoms with E-state index in [1.807, 2.05) is 45.9 Å². The molecule has 0 radical (unpaired) electrons. The Kier molecular flexibility index (Phi) is 12.5. The van der Waals surface area contributed by atoms with E-state index in [4.69, 9.17) is 16.3 Å². The number of halogens is 1. The van der Waals surface area contributed by atoms with Crippen LogP contribution in [0.2, 0.25) is 5.28 Å². The van der Waals surface area contributed by atoms with E-state index in [2.05, 4.69) is 25.4 Å². The second-order valence-corrected chi connectivity index (χ2v) is 7.43. The molecule has 1 unspecified atom stereocenters. The van der Waals surface area contributed by atoms with Crippen LogP contribution in [0.4, 0.5) is 0 Å². The maximum atomic E-state index is 12.9. The van der Waals surface area contributed by atoms with Crippen LogP contribution < -0.4 is 4.74 Å². The molecule has 0 saturated heterocycles. The van der Waals surface area contributed by atoms with Gasteiger partial charge in [-0.25, -0.2) is 13.2 Å². The third-order valence-corrected chi connectivity index (χ3v) is 5.38. The molecule has 1 heterocycles. The highest BCUT2D eigenvalue weighted by atomic mass is 35.5. The van der Waals surface area contributed by atoms with Gasteiger partial charge in [0.25, 0.3) is 0 Å². The molecule has 0 aliphatic carbocycles. The lowest BCUT2D eigenvalue weighted by Gasteiger charge is -2.07. The van der Waals surface area contributed by atoms with E-state index in [9.17, 15) is 4.21 Å². The number of aromatic nitrogens is 2. The minimum absolute atomic E-state index is 0.182. The van der Waals surface area contributed by atoms with Crippen molar-refractivity contribution >= 4 is 33.6 Å². The smallest absolute Gasteiger partial charge is 0.216 e. The van der Waals surface area contributed by atoms with Gasteiger partial charge in [-0.15, -0.1) is 0 Å². The van der Waals surface area contributed by atoms with E-state index in [1.165, 1.54) is 3.97 Å². The summed E-state index contributed by atoms with van der Waals surface area (Å²) >= 11 is 6.20. The lowest BCUT2D eigenvalue weighted by Crippen LogP contribution is -2.05. The molecule has 156 valence electrons. The van der Waals surface area contributed by atoms with E-state index in [0.29, 0.717) is 27.6 Å². The Morgan fingerprint density at radius 1 is 1.25 bits per heavy atom. The van der Waals surface area contributed by atoms with Gasteiger partial charge in [0, 0.05) is 11.0 Å². The molecular formula is C22H33ClN2O2S. The molecule has 0 fully saturated rings. The number of imidazole rings is 1. The van der Waals surface area contributed by atoms with Gasteiger partial charge in [0.05, 0.1) is 18.1 Å². The average molecular weight is 425 g/mol. The second kappa shape index (κ2) is 13.3. The number of methoxy groups -OCH3 is 1.